The number of hydrogen-bond donors (Lipinski definition) is 3. The van der Waals surface area contributed by atoms with Gasteiger partial charge in [0.05, 0.1) is 15.6 Å². The number of anilines is 1. The Bertz CT molecular complexity index is 1170. The predicted molar refractivity (Wildman–Crippen MR) is 121 cm³/mol. The molecule has 4 rings (SSSR count). The van der Waals surface area contributed by atoms with Crippen molar-refractivity contribution in [2.75, 3.05) is 18.6 Å². The first-order valence-corrected chi connectivity index (χ1v) is 12.1. The number of thioether (sulfide) groups is 1. The van der Waals surface area contributed by atoms with Gasteiger partial charge in [0.2, 0.25) is 0 Å². The van der Waals surface area contributed by atoms with Crippen molar-refractivity contribution in [1.29, 1.82) is 0 Å². The summed E-state index contributed by atoms with van der Waals surface area (Å²) in [6.45, 7) is 2.01. The van der Waals surface area contributed by atoms with Crippen LogP contribution in [0, 0.1) is 6.92 Å². The van der Waals surface area contributed by atoms with E-state index >= 15 is 0 Å². The highest BCUT2D eigenvalue weighted by molar-refractivity contribution is 8.00. The number of aromatic nitrogens is 2. The molecule has 0 bridgehead atoms. The fourth-order valence-corrected chi connectivity index (χ4v) is 5.77. The maximum atomic E-state index is 12.8. The van der Waals surface area contributed by atoms with Gasteiger partial charge in [0, 0.05) is 11.6 Å². The first-order valence-electron chi connectivity index (χ1n) is 9.38. The summed E-state index contributed by atoms with van der Waals surface area (Å²) in [5, 5.41) is 18.1. The molecule has 0 aromatic carbocycles. The van der Waals surface area contributed by atoms with Crippen LogP contribution in [0.5, 0.6) is 0 Å². The lowest BCUT2D eigenvalue weighted by atomic mass is 10.0. The van der Waals surface area contributed by atoms with Crippen LogP contribution in [0.3, 0.4) is 0 Å². The molecule has 0 saturated carbocycles. The van der Waals surface area contributed by atoms with Gasteiger partial charge < -0.3 is 25.7 Å². The normalized spacial score (nSPS) is 20.2. The number of hydrogen-bond acceptors (Lipinski definition) is 12. The van der Waals surface area contributed by atoms with Crippen molar-refractivity contribution >= 4 is 63.1 Å². The molecule has 2 aromatic heterocycles. The fraction of sp³-hybridized carbons (Fsp3) is 0.333. The molecule has 0 aliphatic carbocycles. The van der Waals surface area contributed by atoms with Crippen molar-refractivity contribution in [3.05, 3.63) is 38.6 Å². The van der Waals surface area contributed by atoms with E-state index < -0.39 is 29.2 Å². The summed E-state index contributed by atoms with van der Waals surface area (Å²) in [6.07, 6.45) is 1.66. The summed E-state index contributed by atoms with van der Waals surface area (Å²) in [7, 11) is 1.27. The smallest absolute Gasteiger partial charge is 0.356 e. The average molecular weight is 511 g/mol. The Hall–Kier alpha value is -3.17. The van der Waals surface area contributed by atoms with Crippen molar-refractivity contribution in [2.45, 2.75) is 24.9 Å². The lowest BCUT2D eigenvalue weighted by Crippen LogP contribution is -2.71. The molecule has 2 atom stereocenters. The third-order valence-electron chi connectivity index (χ3n) is 4.64. The van der Waals surface area contributed by atoms with Crippen LogP contribution in [0.4, 0.5) is 5.13 Å². The van der Waals surface area contributed by atoms with Crippen LogP contribution in [0.1, 0.15) is 15.6 Å². The van der Waals surface area contributed by atoms with Gasteiger partial charge in [-0.15, -0.1) is 34.4 Å². The van der Waals surface area contributed by atoms with E-state index in [1.165, 1.54) is 35.6 Å². The first-order chi connectivity index (χ1) is 15.8. The van der Waals surface area contributed by atoms with Gasteiger partial charge in [0.1, 0.15) is 36.6 Å². The van der Waals surface area contributed by atoms with Crippen LogP contribution < -0.4 is 11.1 Å². The molecule has 15 heteroatoms. The molecule has 4 heterocycles. The van der Waals surface area contributed by atoms with Gasteiger partial charge in [0.15, 0.2) is 16.5 Å². The number of aliphatic carboxylic acids is 1. The van der Waals surface area contributed by atoms with Gasteiger partial charge in [0.25, 0.3) is 11.8 Å². The Balaban J connectivity index is 1.49. The Morgan fingerprint density at radius 2 is 2.24 bits per heavy atom. The van der Waals surface area contributed by atoms with Crippen molar-refractivity contribution < 1.29 is 29.1 Å². The third kappa shape index (κ3) is 4.51. The number of nitrogens with one attached hydrogen (secondary N) is 1. The SMILES string of the molecule is CO/N=C(\C(=O)N[C@@H]1C(=O)N2C(C(=O)O)=C(OCc3cnc(C)s3)CS[C@@H]12)c1csc(N)n1. The number of carbonyl (C=O) groups is 3. The molecule has 174 valence electrons. The summed E-state index contributed by atoms with van der Waals surface area (Å²) >= 11 is 3.85. The largest absolute Gasteiger partial charge is 0.489 e. The second kappa shape index (κ2) is 9.36. The van der Waals surface area contributed by atoms with Gasteiger partial charge in [-0.25, -0.2) is 14.8 Å². The predicted octanol–water partition coefficient (Wildman–Crippen LogP) is 0.754. The number of nitrogen functional groups attached to an aromatic ring is 1. The summed E-state index contributed by atoms with van der Waals surface area (Å²) in [5.41, 5.74) is 5.45. The quantitative estimate of drug-likeness (QED) is 0.262. The molecular formula is C18H18N6O6S3. The molecule has 0 radical (unpaired) electrons. The molecule has 2 aliphatic heterocycles. The van der Waals surface area contributed by atoms with Crippen LogP contribution in [0.25, 0.3) is 0 Å². The zero-order valence-electron chi connectivity index (χ0n) is 17.3. The van der Waals surface area contributed by atoms with E-state index in [4.69, 9.17) is 15.3 Å². The number of oxime groups is 1. The van der Waals surface area contributed by atoms with Gasteiger partial charge in [-0.2, -0.15) is 0 Å². The van der Waals surface area contributed by atoms with Gasteiger partial charge in [-0.1, -0.05) is 5.16 Å². The molecule has 2 aliphatic rings. The van der Waals surface area contributed by atoms with Crippen LogP contribution in [-0.2, 0) is 30.6 Å². The second-order valence-corrected chi connectivity index (χ2v) is 10.1. The number of nitrogens with two attached hydrogens (primary N) is 1. The molecule has 33 heavy (non-hydrogen) atoms. The highest BCUT2D eigenvalue weighted by atomic mass is 32.2. The van der Waals surface area contributed by atoms with Crippen LogP contribution in [0.15, 0.2) is 28.2 Å². The Kier molecular flexibility index (Phi) is 6.53. The van der Waals surface area contributed by atoms with Crippen molar-refractivity contribution in [3.63, 3.8) is 0 Å². The van der Waals surface area contributed by atoms with Crippen molar-refractivity contribution in [2.24, 2.45) is 5.16 Å². The Morgan fingerprint density at radius 3 is 2.85 bits per heavy atom. The average Bonchev–Trinajstić information content (AvgIpc) is 3.40. The fourth-order valence-electron chi connectivity index (χ4n) is 3.23. The topological polar surface area (TPSA) is 169 Å². The maximum absolute atomic E-state index is 12.8. The number of nitrogens with zero attached hydrogens (tertiary/aromatic N) is 4. The van der Waals surface area contributed by atoms with E-state index in [9.17, 15) is 19.5 Å². The van der Waals surface area contributed by atoms with Gasteiger partial charge in [-0.05, 0) is 6.92 Å². The number of fused-ring (bicyclic) bond motifs is 1. The summed E-state index contributed by atoms with van der Waals surface area (Å²) < 4.78 is 5.72. The minimum absolute atomic E-state index is 0.143. The van der Waals surface area contributed by atoms with Crippen molar-refractivity contribution in [3.8, 4) is 0 Å². The molecule has 4 N–H and O–H groups in total. The maximum Gasteiger partial charge on any atom is 0.356 e. The van der Waals surface area contributed by atoms with Crippen LogP contribution in [0.2, 0.25) is 0 Å². The number of amides is 2. The van der Waals surface area contributed by atoms with Gasteiger partial charge >= 0.3 is 5.97 Å². The first kappa shape index (κ1) is 23.0. The number of carboxylic acid groups (broad SMARTS) is 1. The zero-order chi connectivity index (χ0) is 23.7. The monoisotopic (exact) mass is 510 g/mol. The minimum Gasteiger partial charge on any atom is -0.489 e. The number of carbonyl (C=O) groups excluding carboxylic acids is 2. The van der Waals surface area contributed by atoms with E-state index in [0.29, 0.717) is 0 Å². The number of β-lactam (4-membered cyclic amide) rings is 1. The molecule has 2 aromatic rings. The molecule has 1 saturated heterocycles. The number of ether oxygens (including phenoxy) is 1. The standard InChI is InChI=1S/C18H18N6O6S3/c1-7-20-3-8(33-7)4-30-10-6-31-16-12(15(26)24(16)13(10)17(27)28)22-14(25)11(23-29-2)9-5-32-18(19)21-9/h3,5,12,16H,4,6H2,1-2H3,(H2,19,21)(H,22,25)(H,27,28)/b23-11-/t12-,16+/m1/s1. The number of rotatable bonds is 8. The minimum atomic E-state index is -1.28. The summed E-state index contributed by atoms with van der Waals surface area (Å²) in [4.78, 5) is 52.4. The van der Waals surface area contributed by atoms with E-state index in [1.54, 1.807) is 6.20 Å². The second-order valence-electron chi connectivity index (χ2n) is 6.77. The lowest BCUT2D eigenvalue weighted by molar-refractivity contribution is -0.150. The molecule has 1 fully saturated rings. The number of thiazole rings is 2. The lowest BCUT2D eigenvalue weighted by Gasteiger charge is -2.48. The zero-order valence-corrected chi connectivity index (χ0v) is 19.8. The van der Waals surface area contributed by atoms with Crippen LogP contribution >= 0.6 is 34.4 Å². The highest BCUT2D eigenvalue weighted by Gasteiger charge is 2.55. The van der Waals surface area contributed by atoms with E-state index in [1.807, 2.05) is 6.92 Å². The molecule has 2 amide bonds. The summed E-state index contributed by atoms with van der Waals surface area (Å²) in [6, 6.07) is -0.944. The summed E-state index contributed by atoms with van der Waals surface area (Å²) in [5.74, 6) is -2.13. The third-order valence-corrected chi connectivity index (χ3v) is 7.46. The number of carboxylic acids is 1. The molecular weight excluding hydrogens is 492 g/mol. The van der Waals surface area contributed by atoms with E-state index in [0.717, 1.165) is 26.1 Å². The molecule has 0 spiro atoms. The van der Waals surface area contributed by atoms with Gasteiger partial charge in [-0.3, -0.25) is 14.5 Å². The molecule has 12 nitrogen and oxygen atoms in total. The van der Waals surface area contributed by atoms with Crippen molar-refractivity contribution in [1.82, 2.24) is 20.2 Å². The van der Waals surface area contributed by atoms with E-state index in [2.05, 4.69) is 20.4 Å². The Morgan fingerprint density at radius 1 is 1.45 bits per heavy atom. The Labute approximate surface area is 199 Å². The molecule has 0 unspecified atom stereocenters. The highest BCUT2D eigenvalue weighted by Crippen LogP contribution is 2.41. The van der Waals surface area contributed by atoms with Crippen LogP contribution in [-0.4, -0.2) is 67.7 Å². The van der Waals surface area contributed by atoms with E-state index in [-0.39, 0.29) is 40.4 Å². The number of aryl methyl sites for hydroxylation is 1.